The van der Waals surface area contributed by atoms with Crippen molar-refractivity contribution in [3.8, 4) is 0 Å². The molecule has 5 nitrogen and oxygen atoms in total. The van der Waals surface area contributed by atoms with Gasteiger partial charge in [0.2, 0.25) is 10.0 Å². The van der Waals surface area contributed by atoms with Crippen LogP contribution >= 0.6 is 11.6 Å². The predicted molar refractivity (Wildman–Crippen MR) is 91.4 cm³/mol. The fraction of sp³-hybridized carbons (Fsp3) is 0.312. The third-order valence-corrected chi connectivity index (χ3v) is 5.59. The minimum Gasteiger partial charge on any atom is -0.365 e. The summed E-state index contributed by atoms with van der Waals surface area (Å²) in [4.78, 5) is 3.85. The smallest absolute Gasteiger partial charge is 0.365 e. The summed E-state index contributed by atoms with van der Waals surface area (Å²) in [5.41, 5.74) is -0.195. The molecule has 26 heavy (non-hydrogen) atoms. The monoisotopic (exact) mass is 405 g/mol. The molecule has 140 valence electrons. The van der Waals surface area contributed by atoms with Gasteiger partial charge in [-0.25, -0.2) is 18.1 Å². The minimum atomic E-state index is -4.51. The second-order valence-corrected chi connectivity index (χ2v) is 8.07. The summed E-state index contributed by atoms with van der Waals surface area (Å²) < 4.78 is 64.5. The number of alkyl halides is 3. The highest BCUT2D eigenvalue weighted by molar-refractivity contribution is 7.89. The third-order valence-electron chi connectivity index (χ3n) is 3.76. The van der Waals surface area contributed by atoms with Crippen LogP contribution < -0.4 is 10.0 Å². The number of nitrogens with one attached hydrogen (secondary N) is 2. The molecule has 0 spiro atoms. The Morgan fingerprint density at radius 3 is 2.38 bits per heavy atom. The van der Waals surface area contributed by atoms with Crippen LogP contribution in [0.15, 0.2) is 41.4 Å². The van der Waals surface area contributed by atoms with E-state index in [0.29, 0.717) is 6.20 Å². The molecule has 0 saturated heterocycles. The highest BCUT2D eigenvalue weighted by Gasteiger charge is 2.31. The summed E-state index contributed by atoms with van der Waals surface area (Å²) in [7, 11) is -3.52. The Kier molecular flexibility index (Phi) is 5.14. The van der Waals surface area contributed by atoms with Crippen LogP contribution in [0.2, 0.25) is 5.02 Å². The number of benzene rings is 1. The fourth-order valence-electron chi connectivity index (χ4n) is 2.18. The molecule has 10 heteroatoms. The van der Waals surface area contributed by atoms with Gasteiger partial charge >= 0.3 is 6.18 Å². The van der Waals surface area contributed by atoms with Gasteiger partial charge in [-0.2, -0.15) is 13.2 Å². The molecule has 1 saturated carbocycles. The van der Waals surface area contributed by atoms with Crippen molar-refractivity contribution in [2.45, 2.75) is 36.5 Å². The van der Waals surface area contributed by atoms with Gasteiger partial charge in [-0.1, -0.05) is 23.7 Å². The molecule has 3 rings (SSSR count). The second-order valence-electron chi connectivity index (χ2n) is 5.95. The van der Waals surface area contributed by atoms with E-state index in [9.17, 15) is 21.6 Å². The third kappa shape index (κ3) is 4.66. The van der Waals surface area contributed by atoms with E-state index < -0.39 is 21.8 Å². The normalized spacial score (nSPS) is 15.1. The predicted octanol–water partition coefficient (Wildman–Crippen LogP) is 3.81. The average Bonchev–Trinajstić information content (AvgIpc) is 3.36. The Balaban J connectivity index is 1.65. The fourth-order valence-corrected chi connectivity index (χ4v) is 3.72. The molecule has 1 heterocycles. The second kappa shape index (κ2) is 7.05. The summed E-state index contributed by atoms with van der Waals surface area (Å²) in [5.74, 6) is 0.117. The summed E-state index contributed by atoms with van der Waals surface area (Å²) >= 11 is 5.83. The molecule has 2 N–H and O–H groups in total. The number of rotatable bonds is 6. The summed E-state index contributed by atoms with van der Waals surface area (Å²) in [6.45, 7) is 0.231. The van der Waals surface area contributed by atoms with Gasteiger partial charge in [-0.3, -0.25) is 0 Å². The number of hydrogen-bond donors (Lipinski definition) is 2. The van der Waals surface area contributed by atoms with E-state index in [-0.39, 0.29) is 28.3 Å². The molecule has 1 aromatic heterocycles. The highest BCUT2D eigenvalue weighted by Crippen LogP contribution is 2.32. The van der Waals surface area contributed by atoms with Gasteiger partial charge in [0.1, 0.15) is 5.82 Å². The van der Waals surface area contributed by atoms with Crippen molar-refractivity contribution >= 4 is 27.4 Å². The van der Waals surface area contributed by atoms with Crippen LogP contribution in [-0.2, 0) is 22.7 Å². The van der Waals surface area contributed by atoms with Gasteiger partial charge in [0.15, 0.2) is 0 Å². The lowest BCUT2D eigenvalue weighted by molar-refractivity contribution is -0.137. The summed E-state index contributed by atoms with van der Waals surface area (Å²) in [6.07, 6.45) is -2.11. The van der Waals surface area contributed by atoms with Crippen molar-refractivity contribution in [2.75, 3.05) is 5.32 Å². The van der Waals surface area contributed by atoms with Crippen molar-refractivity contribution in [1.82, 2.24) is 9.71 Å². The Bertz CT molecular complexity index is 898. The van der Waals surface area contributed by atoms with Crippen molar-refractivity contribution < 1.29 is 21.6 Å². The maximum Gasteiger partial charge on any atom is 0.417 e. The van der Waals surface area contributed by atoms with E-state index in [1.54, 1.807) is 12.1 Å². The first-order valence-electron chi connectivity index (χ1n) is 7.73. The largest absolute Gasteiger partial charge is 0.417 e. The van der Waals surface area contributed by atoms with Gasteiger partial charge in [-0.15, -0.1) is 0 Å². The van der Waals surface area contributed by atoms with Crippen molar-refractivity contribution in [3.05, 3.63) is 52.7 Å². The molecule has 0 bridgehead atoms. The SMILES string of the molecule is O=S(=O)(NC1CC1)c1ccc(CNc2ncc(C(F)(F)F)cc2Cl)cc1. The Morgan fingerprint density at radius 2 is 1.85 bits per heavy atom. The first-order chi connectivity index (χ1) is 12.1. The standard InChI is InChI=1S/C16H15ClF3N3O2S/c17-14-7-11(16(18,19)20)9-22-15(14)21-8-10-1-5-13(6-2-10)26(24,25)23-12-3-4-12/h1-2,5-7,9,12,23H,3-4,8H2,(H,21,22). The number of halogens is 4. The van der Waals surface area contributed by atoms with E-state index in [1.165, 1.54) is 12.1 Å². The molecule has 0 radical (unpaired) electrons. The first kappa shape index (κ1) is 18.9. The zero-order valence-electron chi connectivity index (χ0n) is 13.3. The molecule has 1 fully saturated rings. The van der Waals surface area contributed by atoms with E-state index in [0.717, 1.165) is 24.5 Å². The Hall–Kier alpha value is -1.84. The van der Waals surface area contributed by atoms with Gasteiger partial charge in [0, 0.05) is 18.8 Å². The van der Waals surface area contributed by atoms with Gasteiger partial charge in [0.05, 0.1) is 15.5 Å². The van der Waals surface area contributed by atoms with Crippen LogP contribution in [0.1, 0.15) is 24.0 Å². The molecule has 0 amide bonds. The zero-order chi connectivity index (χ0) is 18.9. The number of sulfonamides is 1. The van der Waals surface area contributed by atoms with Gasteiger partial charge in [0.25, 0.3) is 0 Å². The first-order valence-corrected chi connectivity index (χ1v) is 9.59. The molecular weight excluding hydrogens is 391 g/mol. The van der Waals surface area contributed by atoms with Crippen molar-refractivity contribution in [2.24, 2.45) is 0 Å². The topological polar surface area (TPSA) is 71.1 Å². The number of nitrogens with zero attached hydrogens (tertiary/aromatic N) is 1. The van der Waals surface area contributed by atoms with Gasteiger partial charge in [-0.05, 0) is 36.6 Å². The van der Waals surface area contributed by atoms with Crippen LogP contribution in [-0.4, -0.2) is 19.4 Å². The summed E-state index contributed by atoms with van der Waals surface area (Å²) in [5, 5.41) is 2.69. The number of aromatic nitrogens is 1. The zero-order valence-corrected chi connectivity index (χ0v) is 14.9. The summed E-state index contributed by atoms with van der Waals surface area (Å²) in [6, 6.07) is 7.01. The average molecular weight is 406 g/mol. The van der Waals surface area contributed by atoms with Crippen LogP contribution in [0.4, 0.5) is 19.0 Å². The molecular formula is C16H15ClF3N3O2S. The van der Waals surface area contributed by atoms with E-state index >= 15 is 0 Å². The molecule has 1 aliphatic rings. The van der Waals surface area contributed by atoms with Crippen LogP contribution in [0.3, 0.4) is 0 Å². The molecule has 1 aromatic carbocycles. The number of hydrogen-bond acceptors (Lipinski definition) is 4. The van der Waals surface area contributed by atoms with Crippen LogP contribution in [0.25, 0.3) is 0 Å². The Labute approximate surface area is 153 Å². The maximum absolute atomic E-state index is 12.6. The van der Waals surface area contributed by atoms with E-state index in [4.69, 9.17) is 11.6 Å². The molecule has 0 aliphatic heterocycles. The quantitative estimate of drug-likeness (QED) is 0.766. The number of pyridine rings is 1. The lowest BCUT2D eigenvalue weighted by Gasteiger charge is -2.11. The van der Waals surface area contributed by atoms with Gasteiger partial charge < -0.3 is 5.32 Å². The number of anilines is 1. The highest BCUT2D eigenvalue weighted by atomic mass is 35.5. The van der Waals surface area contributed by atoms with E-state index in [1.807, 2.05) is 0 Å². The van der Waals surface area contributed by atoms with Crippen LogP contribution in [0.5, 0.6) is 0 Å². The maximum atomic E-state index is 12.6. The molecule has 1 aliphatic carbocycles. The molecule has 0 unspecified atom stereocenters. The molecule has 0 atom stereocenters. The lowest BCUT2D eigenvalue weighted by Crippen LogP contribution is -2.25. The lowest BCUT2D eigenvalue weighted by atomic mass is 10.2. The van der Waals surface area contributed by atoms with Crippen molar-refractivity contribution in [1.29, 1.82) is 0 Å². The minimum absolute atomic E-state index is 0.0224. The van der Waals surface area contributed by atoms with Crippen molar-refractivity contribution in [3.63, 3.8) is 0 Å². The van der Waals surface area contributed by atoms with E-state index in [2.05, 4.69) is 15.0 Å². The Morgan fingerprint density at radius 1 is 1.19 bits per heavy atom. The molecule has 2 aromatic rings. The van der Waals surface area contributed by atoms with Crippen LogP contribution in [0, 0.1) is 0 Å².